The molecule has 0 heterocycles. The van der Waals surface area contributed by atoms with Crippen molar-refractivity contribution in [2.75, 3.05) is 0 Å². The van der Waals surface area contributed by atoms with Crippen LogP contribution in [0.25, 0.3) is 0 Å². The fraction of sp³-hybridized carbons (Fsp3) is 0. The van der Waals surface area contributed by atoms with Gasteiger partial charge >= 0.3 is 35.3 Å². The maximum absolute atomic E-state index is 4.88. The van der Waals surface area contributed by atoms with E-state index in [1.807, 2.05) is 36.4 Å². The molecule has 0 aliphatic heterocycles. The SMILES string of the molecule is [Cl][Pt][Cl].c1ccccc1. The Morgan fingerprint density at radius 2 is 0.778 bits per heavy atom. The van der Waals surface area contributed by atoms with Crippen molar-refractivity contribution in [3.8, 4) is 0 Å². The molecule has 54 valence electrons. The Hall–Kier alpha value is 0.488. The molecule has 9 heavy (non-hydrogen) atoms. The fourth-order valence-electron chi connectivity index (χ4n) is 0.385. The normalized spacial score (nSPS) is 7.78. The van der Waals surface area contributed by atoms with Crippen LogP contribution in [0.2, 0.25) is 0 Å². The summed E-state index contributed by atoms with van der Waals surface area (Å²) in [6.07, 6.45) is 0. The summed E-state index contributed by atoms with van der Waals surface area (Å²) in [5, 5.41) is 0. The number of hydrogen-bond acceptors (Lipinski definition) is 0. The maximum atomic E-state index is 4.88. The van der Waals surface area contributed by atoms with Gasteiger partial charge in [-0.15, -0.1) is 0 Å². The molecule has 0 fully saturated rings. The van der Waals surface area contributed by atoms with Crippen LogP contribution in [0.1, 0.15) is 0 Å². The van der Waals surface area contributed by atoms with E-state index >= 15 is 0 Å². The molecule has 0 saturated carbocycles. The zero-order valence-electron chi connectivity index (χ0n) is 4.54. The first kappa shape index (κ1) is 9.49. The molecule has 0 atom stereocenters. The van der Waals surface area contributed by atoms with Crippen LogP contribution >= 0.6 is 18.8 Å². The van der Waals surface area contributed by atoms with E-state index in [-0.39, 0.29) is 0 Å². The quantitative estimate of drug-likeness (QED) is 0.679. The van der Waals surface area contributed by atoms with Crippen molar-refractivity contribution in [3.63, 3.8) is 0 Å². The summed E-state index contributed by atoms with van der Waals surface area (Å²) >= 11 is -0.472. The topological polar surface area (TPSA) is 0 Å². The van der Waals surface area contributed by atoms with Crippen LogP contribution < -0.4 is 0 Å². The van der Waals surface area contributed by atoms with Crippen LogP contribution in [0.4, 0.5) is 0 Å². The molecule has 0 nitrogen and oxygen atoms in total. The summed E-state index contributed by atoms with van der Waals surface area (Å²) < 4.78 is 0. The molecule has 0 radical (unpaired) electrons. The van der Waals surface area contributed by atoms with E-state index in [0.29, 0.717) is 0 Å². The average molecular weight is 344 g/mol. The third kappa shape index (κ3) is 8.49. The zero-order valence-corrected chi connectivity index (χ0v) is 8.32. The van der Waals surface area contributed by atoms with E-state index in [0.717, 1.165) is 0 Å². The summed E-state index contributed by atoms with van der Waals surface area (Å²) in [5.41, 5.74) is 0. The van der Waals surface area contributed by atoms with E-state index in [1.54, 1.807) is 0 Å². The first-order valence-electron chi connectivity index (χ1n) is 2.24. The van der Waals surface area contributed by atoms with Crippen molar-refractivity contribution in [2.45, 2.75) is 0 Å². The average Bonchev–Trinajstić information content (AvgIpc) is 1.93. The van der Waals surface area contributed by atoms with Crippen LogP contribution in [0.5, 0.6) is 0 Å². The van der Waals surface area contributed by atoms with Crippen molar-refractivity contribution < 1.29 is 16.5 Å². The van der Waals surface area contributed by atoms with Gasteiger partial charge in [0.15, 0.2) is 0 Å². The smallest absolute Gasteiger partial charge is 0.0623 e. The van der Waals surface area contributed by atoms with E-state index in [1.165, 1.54) is 0 Å². The number of halogens is 2. The van der Waals surface area contributed by atoms with Crippen molar-refractivity contribution in [1.82, 2.24) is 0 Å². The maximum Gasteiger partial charge on any atom is -0.0623 e. The number of benzene rings is 1. The Kier molecular flexibility index (Phi) is 8.95. The van der Waals surface area contributed by atoms with Crippen LogP contribution in [-0.2, 0) is 16.5 Å². The van der Waals surface area contributed by atoms with Crippen LogP contribution in [-0.4, -0.2) is 0 Å². The molecule has 0 saturated heterocycles. The van der Waals surface area contributed by atoms with E-state index < -0.39 is 16.5 Å². The van der Waals surface area contributed by atoms with E-state index in [9.17, 15) is 0 Å². The summed E-state index contributed by atoms with van der Waals surface area (Å²) in [6, 6.07) is 12.0. The molecule has 0 aliphatic carbocycles. The molecule has 0 spiro atoms. The molecule has 0 aliphatic rings. The van der Waals surface area contributed by atoms with Gasteiger partial charge in [-0.05, 0) is 0 Å². The molecule has 1 aromatic carbocycles. The van der Waals surface area contributed by atoms with Gasteiger partial charge in [0.05, 0.1) is 0 Å². The van der Waals surface area contributed by atoms with Gasteiger partial charge in [-0.3, -0.25) is 0 Å². The molecule has 0 N–H and O–H groups in total. The third-order valence-electron chi connectivity index (χ3n) is 0.667. The van der Waals surface area contributed by atoms with Gasteiger partial charge in [-0.25, -0.2) is 0 Å². The van der Waals surface area contributed by atoms with Gasteiger partial charge in [0.1, 0.15) is 0 Å². The molecule has 3 heteroatoms. The molecule has 1 aromatic rings. The third-order valence-corrected chi connectivity index (χ3v) is 0.667. The minimum atomic E-state index is -0.472. The number of rotatable bonds is 0. The van der Waals surface area contributed by atoms with Crippen LogP contribution in [0.3, 0.4) is 0 Å². The standard InChI is InChI=1S/C6H6.2ClH.Pt/c1-2-4-6-5-3-1;;;/h1-6H;2*1H;/q;;;+2/p-2. The summed E-state index contributed by atoms with van der Waals surface area (Å²) in [7, 11) is 9.75. The molecular formula is C6H6Cl2Pt. The Bertz CT molecular complexity index is 93.9. The van der Waals surface area contributed by atoms with E-state index in [2.05, 4.69) is 0 Å². The van der Waals surface area contributed by atoms with Gasteiger partial charge in [0.2, 0.25) is 0 Å². The van der Waals surface area contributed by atoms with Gasteiger partial charge in [0.25, 0.3) is 0 Å². The van der Waals surface area contributed by atoms with E-state index in [4.69, 9.17) is 18.8 Å². The Balaban J connectivity index is 0.000000187. The second kappa shape index (κ2) is 8.49. The van der Waals surface area contributed by atoms with Crippen molar-refractivity contribution in [3.05, 3.63) is 36.4 Å². The van der Waals surface area contributed by atoms with Crippen molar-refractivity contribution in [2.24, 2.45) is 0 Å². The Morgan fingerprint density at radius 1 is 0.667 bits per heavy atom. The van der Waals surface area contributed by atoms with Gasteiger partial charge < -0.3 is 0 Å². The van der Waals surface area contributed by atoms with Crippen LogP contribution in [0.15, 0.2) is 36.4 Å². The molecule has 0 bridgehead atoms. The van der Waals surface area contributed by atoms with Crippen molar-refractivity contribution >= 4 is 18.8 Å². The second-order valence-electron chi connectivity index (χ2n) is 1.20. The first-order chi connectivity index (χ1) is 4.41. The predicted molar refractivity (Wildman–Crippen MR) is 38.1 cm³/mol. The number of hydrogen-bond donors (Lipinski definition) is 0. The minimum absolute atomic E-state index is 0.472. The summed E-state index contributed by atoms with van der Waals surface area (Å²) in [4.78, 5) is 0. The summed E-state index contributed by atoms with van der Waals surface area (Å²) in [6.45, 7) is 0. The molecule has 0 unspecified atom stereocenters. The van der Waals surface area contributed by atoms with Gasteiger partial charge in [-0.2, -0.15) is 0 Å². The minimum Gasteiger partial charge on any atom is -0.0623 e. The fourth-order valence-corrected chi connectivity index (χ4v) is 0.385. The molecule has 0 amide bonds. The second-order valence-corrected chi connectivity index (χ2v) is 4.48. The van der Waals surface area contributed by atoms with Gasteiger partial charge in [-0.1, -0.05) is 36.4 Å². The zero-order chi connectivity index (χ0) is 6.95. The van der Waals surface area contributed by atoms with Gasteiger partial charge in [0, 0.05) is 0 Å². The largest absolute Gasteiger partial charge is 0.0623 e. The van der Waals surface area contributed by atoms with Crippen LogP contribution in [0, 0.1) is 0 Å². The predicted octanol–water partition coefficient (Wildman–Crippen LogP) is 3.06. The first-order valence-corrected chi connectivity index (χ1v) is 7.87. The Morgan fingerprint density at radius 3 is 0.889 bits per heavy atom. The Labute approximate surface area is 71.6 Å². The molecule has 1 rings (SSSR count). The molecule has 0 aromatic heterocycles. The van der Waals surface area contributed by atoms with Crippen molar-refractivity contribution in [1.29, 1.82) is 0 Å². The molecular weight excluding hydrogens is 338 g/mol. The summed E-state index contributed by atoms with van der Waals surface area (Å²) in [5.74, 6) is 0. The monoisotopic (exact) mass is 343 g/mol.